The third-order valence-corrected chi connectivity index (χ3v) is 8.28. The first-order valence-electron chi connectivity index (χ1n) is 10.2. The molecule has 2 aliphatic carbocycles. The highest BCUT2D eigenvalue weighted by atomic mass is 32.2. The van der Waals surface area contributed by atoms with Crippen molar-refractivity contribution in [3.63, 3.8) is 0 Å². The van der Waals surface area contributed by atoms with Crippen molar-refractivity contribution in [3.05, 3.63) is 36.2 Å². The summed E-state index contributed by atoms with van der Waals surface area (Å²) in [6.07, 6.45) is 4.75. The van der Waals surface area contributed by atoms with Gasteiger partial charge in [0, 0.05) is 18.0 Å². The normalized spacial score (nSPS) is 23.2. The van der Waals surface area contributed by atoms with Crippen LogP contribution >= 0.6 is 11.8 Å². The molecule has 29 heavy (non-hydrogen) atoms. The van der Waals surface area contributed by atoms with Crippen molar-refractivity contribution in [2.24, 2.45) is 0 Å². The molecule has 0 bridgehead atoms. The highest BCUT2D eigenvalue weighted by Crippen LogP contribution is 2.40. The minimum Gasteiger partial charge on any atom is -0.335 e. The van der Waals surface area contributed by atoms with Crippen LogP contribution in [0.1, 0.15) is 43.8 Å². The summed E-state index contributed by atoms with van der Waals surface area (Å²) in [4.78, 5) is 19.5. The van der Waals surface area contributed by atoms with Gasteiger partial charge in [-0.25, -0.2) is 18.1 Å². The molecule has 1 amide bonds. The van der Waals surface area contributed by atoms with Gasteiger partial charge in [-0.3, -0.25) is 4.79 Å². The second-order valence-corrected chi connectivity index (χ2v) is 11.3. The maximum atomic E-state index is 13.0. The predicted molar refractivity (Wildman–Crippen MR) is 111 cm³/mol. The Morgan fingerprint density at radius 2 is 1.86 bits per heavy atom. The molecule has 154 valence electrons. The smallest absolute Gasteiger partial charge is 0.233 e. The summed E-state index contributed by atoms with van der Waals surface area (Å²) in [6.45, 7) is 0. The molecule has 5 rings (SSSR count). The van der Waals surface area contributed by atoms with E-state index < -0.39 is 9.84 Å². The van der Waals surface area contributed by atoms with Gasteiger partial charge in [-0.2, -0.15) is 0 Å². The second kappa shape index (κ2) is 7.43. The van der Waals surface area contributed by atoms with Crippen molar-refractivity contribution >= 4 is 27.5 Å². The van der Waals surface area contributed by atoms with Gasteiger partial charge in [-0.15, -0.1) is 5.10 Å². The molecule has 0 N–H and O–H groups in total. The van der Waals surface area contributed by atoms with E-state index >= 15 is 0 Å². The number of rotatable bonds is 7. The Kier molecular flexibility index (Phi) is 4.90. The predicted octanol–water partition coefficient (Wildman–Crippen LogP) is 2.41. The van der Waals surface area contributed by atoms with Crippen LogP contribution in [0.2, 0.25) is 0 Å². The maximum Gasteiger partial charge on any atom is 0.233 e. The molecule has 2 saturated carbocycles. The lowest BCUT2D eigenvalue weighted by Crippen LogP contribution is -2.43. The molecule has 1 aromatic heterocycles. The number of nitrogens with zero attached hydrogens (tertiary/aromatic N) is 4. The number of hydrogen-bond acceptors (Lipinski definition) is 6. The zero-order valence-electron chi connectivity index (χ0n) is 16.1. The molecule has 1 aromatic carbocycles. The summed E-state index contributed by atoms with van der Waals surface area (Å²) in [6, 6.07) is 9.99. The Morgan fingerprint density at radius 1 is 1.10 bits per heavy atom. The number of para-hydroxylation sites is 1. The zero-order chi connectivity index (χ0) is 20.0. The van der Waals surface area contributed by atoms with Crippen LogP contribution in [0, 0.1) is 0 Å². The van der Waals surface area contributed by atoms with E-state index in [-0.39, 0.29) is 35.2 Å². The highest BCUT2D eigenvalue weighted by Gasteiger charge is 2.42. The molecule has 2 heterocycles. The summed E-state index contributed by atoms with van der Waals surface area (Å²) in [7, 11) is -3.01. The van der Waals surface area contributed by atoms with Gasteiger partial charge in [0.2, 0.25) is 11.1 Å². The first-order chi connectivity index (χ1) is 14.0. The van der Waals surface area contributed by atoms with E-state index in [9.17, 15) is 13.2 Å². The number of sulfone groups is 1. The zero-order valence-corrected chi connectivity index (χ0v) is 17.7. The monoisotopic (exact) mass is 432 g/mol. The van der Waals surface area contributed by atoms with Crippen LogP contribution < -0.4 is 0 Å². The lowest BCUT2D eigenvalue weighted by molar-refractivity contribution is -0.130. The van der Waals surface area contributed by atoms with Crippen LogP contribution in [-0.2, 0) is 14.6 Å². The second-order valence-electron chi connectivity index (χ2n) is 8.15. The van der Waals surface area contributed by atoms with Crippen molar-refractivity contribution in [1.29, 1.82) is 0 Å². The number of carbonyl (C=O) groups excluding carboxylic acids is 1. The Hall–Kier alpha value is -1.87. The largest absolute Gasteiger partial charge is 0.335 e. The van der Waals surface area contributed by atoms with Gasteiger partial charge in [0.05, 0.1) is 22.9 Å². The summed E-state index contributed by atoms with van der Waals surface area (Å²) >= 11 is 1.35. The summed E-state index contributed by atoms with van der Waals surface area (Å²) in [5.41, 5.74) is 0.982. The first-order valence-corrected chi connectivity index (χ1v) is 13.0. The number of hydrogen-bond donors (Lipinski definition) is 0. The van der Waals surface area contributed by atoms with E-state index in [2.05, 4.69) is 5.10 Å². The minimum atomic E-state index is -3.01. The van der Waals surface area contributed by atoms with Gasteiger partial charge >= 0.3 is 0 Å². The molecule has 3 fully saturated rings. The molecule has 0 radical (unpaired) electrons. The molecule has 3 aliphatic rings. The number of thioether (sulfide) groups is 1. The van der Waals surface area contributed by atoms with E-state index in [4.69, 9.17) is 4.98 Å². The van der Waals surface area contributed by atoms with E-state index in [1.807, 2.05) is 39.9 Å². The molecule has 0 spiro atoms. The topological polar surface area (TPSA) is 85.2 Å². The van der Waals surface area contributed by atoms with E-state index in [1.54, 1.807) is 0 Å². The molecular weight excluding hydrogens is 408 g/mol. The summed E-state index contributed by atoms with van der Waals surface area (Å²) in [5.74, 6) is 1.95. The van der Waals surface area contributed by atoms with Gasteiger partial charge in [0.1, 0.15) is 5.82 Å². The van der Waals surface area contributed by atoms with E-state index in [1.165, 1.54) is 11.8 Å². The lowest BCUT2D eigenvalue weighted by Gasteiger charge is -2.28. The molecule has 2 aromatic rings. The Labute approximate surface area is 174 Å². The van der Waals surface area contributed by atoms with Gasteiger partial charge in [-0.1, -0.05) is 30.0 Å². The third-order valence-electron chi connectivity index (χ3n) is 5.71. The van der Waals surface area contributed by atoms with Gasteiger partial charge in [0.15, 0.2) is 9.84 Å². The van der Waals surface area contributed by atoms with Gasteiger partial charge < -0.3 is 4.90 Å². The number of amides is 1. The first kappa shape index (κ1) is 19.1. The Bertz CT molecular complexity index is 1010. The maximum absolute atomic E-state index is 13.0. The van der Waals surface area contributed by atoms with Crippen LogP contribution in [0.3, 0.4) is 0 Å². The van der Waals surface area contributed by atoms with E-state index in [0.717, 1.165) is 37.2 Å². The molecule has 7 nitrogen and oxygen atoms in total. The average molecular weight is 433 g/mol. The Balaban J connectivity index is 1.30. The molecule has 9 heteroatoms. The number of aromatic nitrogens is 3. The fraction of sp³-hybridized carbons (Fsp3) is 0.550. The van der Waals surface area contributed by atoms with Crippen molar-refractivity contribution in [1.82, 2.24) is 19.7 Å². The van der Waals surface area contributed by atoms with Crippen LogP contribution in [0.4, 0.5) is 0 Å². The molecule has 1 unspecified atom stereocenters. The van der Waals surface area contributed by atoms with Crippen molar-refractivity contribution in [2.75, 3.05) is 17.3 Å². The summed E-state index contributed by atoms with van der Waals surface area (Å²) < 4.78 is 25.6. The lowest BCUT2D eigenvalue weighted by atomic mass is 10.2. The third kappa shape index (κ3) is 4.21. The standard InChI is InChI=1S/C20H24N4O3S2/c25-18(23(15-8-9-15)17-10-11-29(26,27)13-17)12-28-20-21-19(14-6-7-14)24(22-20)16-4-2-1-3-5-16/h1-5,14-15,17H,6-13H2. The molecular formula is C20H24N4O3S2. The molecule has 1 aliphatic heterocycles. The van der Waals surface area contributed by atoms with Crippen molar-refractivity contribution < 1.29 is 13.2 Å². The van der Waals surface area contributed by atoms with Gasteiger partial charge in [0.25, 0.3) is 0 Å². The number of benzene rings is 1. The van der Waals surface area contributed by atoms with Crippen LogP contribution in [0.15, 0.2) is 35.5 Å². The Morgan fingerprint density at radius 3 is 2.48 bits per heavy atom. The molecule has 1 saturated heterocycles. The quantitative estimate of drug-likeness (QED) is 0.625. The molecule has 1 atom stereocenters. The van der Waals surface area contributed by atoms with Crippen molar-refractivity contribution in [2.45, 2.75) is 55.3 Å². The minimum absolute atomic E-state index is 0.00336. The van der Waals surface area contributed by atoms with Crippen LogP contribution in [0.25, 0.3) is 5.69 Å². The summed E-state index contributed by atoms with van der Waals surface area (Å²) in [5, 5.41) is 5.27. The number of carbonyl (C=O) groups is 1. The fourth-order valence-corrected chi connectivity index (χ4v) is 6.39. The van der Waals surface area contributed by atoms with Gasteiger partial charge in [-0.05, 0) is 44.2 Å². The SMILES string of the molecule is O=C(CSc1nc(C2CC2)n(-c2ccccc2)n1)N(C1CC1)C1CCS(=O)(=O)C1. The fourth-order valence-electron chi connectivity index (χ4n) is 3.98. The highest BCUT2D eigenvalue weighted by molar-refractivity contribution is 7.99. The van der Waals surface area contributed by atoms with Crippen LogP contribution in [-0.4, -0.2) is 63.3 Å². The average Bonchev–Trinajstić information content (AvgIpc) is 3.63. The van der Waals surface area contributed by atoms with Crippen molar-refractivity contribution in [3.8, 4) is 5.69 Å². The van der Waals surface area contributed by atoms with E-state index in [0.29, 0.717) is 17.5 Å². The van der Waals surface area contributed by atoms with Crippen LogP contribution in [0.5, 0.6) is 0 Å².